The molecule has 1 aliphatic rings. The SMILES string of the molecule is CN1CC(c2cc(C(F)(F)F)cc(C(F)(F)F)c2)N(C)C1=O. The van der Waals surface area contributed by atoms with Gasteiger partial charge in [0.05, 0.1) is 17.2 Å². The highest BCUT2D eigenvalue weighted by molar-refractivity contribution is 5.77. The van der Waals surface area contributed by atoms with Crippen LogP contribution in [0, 0.1) is 0 Å². The molecule has 1 atom stereocenters. The van der Waals surface area contributed by atoms with E-state index in [1.165, 1.54) is 19.0 Å². The largest absolute Gasteiger partial charge is 0.416 e. The van der Waals surface area contributed by atoms with E-state index in [1.807, 2.05) is 0 Å². The summed E-state index contributed by atoms with van der Waals surface area (Å²) in [7, 11) is 2.77. The fourth-order valence-electron chi connectivity index (χ4n) is 2.36. The van der Waals surface area contributed by atoms with E-state index in [4.69, 9.17) is 0 Å². The molecule has 0 aliphatic carbocycles. The number of amides is 2. The summed E-state index contributed by atoms with van der Waals surface area (Å²) < 4.78 is 76.9. The van der Waals surface area contributed by atoms with E-state index < -0.39 is 35.6 Å². The van der Waals surface area contributed by atoms with Crippen molar-refractivity contribution in [3.05, 3.63) is 34.9 Å². The molecule has 0 radical (unpaired) electrons. The van der Waals surface area contributed by atoms with E-state index in [-0.39, 0.29) is 18.2 Å². The van der Waals surface area contributed by atoms with Crippen LogP contribution in [0.1, 0.15) is 22.7 Å². The van der Waals surface area contributed by atoms with Crippen LogP contribution in [-0.4, -0.2) is 36.5 Å². The van der Waals surface area contributed by atoms with Gasteiger partial charge in [-0.15, -0.1) is 0 Å². The van der Waals surface area contributed by atoms with Gasteiger partial charge >= 0.3 is 18.4 Å². The summed E-state index contributed by atoms with van der Waals surface area (Å²) in [6.45, 7) is 0.0218. The Bertz CT molecular complexity index is 563. The summed E-state index contributed by atoms with van der Waals surface area (Å²) in [6, 6.07) is 0.0623. The molecule has 2 rings (SSSR count). The Morgan fingerprint density at radius 2 is 1.41 bits per heavy atom. The molecule has 0 aromatic heterocycles. The first-order valence-electron chi connectivity index (χ1n) is 6.18. The summed E-state index contributed by atoms with van der Waals surface area (Å²) in [4.78, 5) is 14.0. The van der Waals surface area contributed by atoms with E-state index in [1.54, 1.807) is 0 Å². The smallest absolute Gasteiger partial charge is 0.325 e. The zero-order chi connectivity index (χ0) is 16.9. The Morgan fingerprint density at radius 3 is 1.73 bits per heavy atom. The third kappa shape index (κ3) is 2.97. The number of likely N-dealkylation sites (N-methyl/N-ethyl adjacent to an activating group) is 2. The van der Waals surface area contributed by atoms with Crippen molar-refractivity contribution in [1.82, 2.24) is 9.80 Å². The molecule has 1 aromatic carbocycles. The molecule has 0 saturated carbocycles. The third-order valence-electron chi connectivity index (χ3n) is 3.54. The van der Waals surface area contributed by atoms with Crippen molar-refractivity contribution in [3.63, 3.8) is 0 Å². The summed E-state index contributed by atoms with van der Waals surface area (Å²) in [5.74, 6) is 0. The molecule has 22 heavy (non-hydrogen) atoms. The molecule has 0 spiro atoms. The number of urea groups is 1. The van der Waals surface area contributed by atoms with Crippen LogP contribution in [0.25, 0.3) is 0 Å². The van der Waals surface area contributed by atoms with Gasteiger partial charge < -0.3 is 9.80 Å². The van der Waals surface area contributed by atoms with Crippen LogP contribution < -0.4 is 0 Å². The molecule has 0 bridgehead atoms. The van der Waals surface area contributed by atoms with Crippen molar-refractivity contribution in [3.8, 4) is 0 Å². The predicted molar refractivity (Wildman–Crippen MR) is 65.0 cm³/mol. The number of rotatable bonds is 1. The molecule has 9 heteroatoms. The van der Waals surface area contributed by atoms with Crippen molar-refractivity contribution in [2.45, 2.75) is 18.4 Å². The second-order valence-electron chi connectivity index (χ2n) is 5.13. The topological polar surface area (TPSA) is 23.6 Å². The summed E-state index contributed by atoms with van der Waals surface area (Å²) in [5.41, 5.74) is -2.96. The monoisotopic (exact) mass is 326 g/mol. The van der Waals surface area contributed by atoms with Gasteiger partial charge in [0.2, 0.25) is 0 Å². The number of alkyl halides is 6. The minimum absolute atomic E-state index is 0.0218. The van der Waals surface area contributed by atoms with Crippen molar-refractivity contribution >= 4 is 6.03 Å². The molecule has 1 fully saturated rings. The zero-order valence-corrected chi connectivity index (χ0v) is 11.6. The minimum atomic E-state index is -4.90. The maximum absolute atomic E-state index is 12.8. The number of hydrogen-bond donors (Lipinski definition) is 0. The normalized spacial score (nSPS) is 20.0. The van der Waals surface area contributed by atoms with Gasteiger partial charge in [0.1, 0.15) is 0 Å². The molecule has 0 N–H and O–H groups in total. The first-order valence-corrected chi connectivity index (χ1v) is 6.18. The number of halogens is 6. The van der Waals surface area contributed by atoms with Gasteiger partial charge in [0.25, 0.3) is 0 Å². The Hall–Kier alpha value is -1.93. The lowest BCUT2D eigenvalue weighted by Crippen LogP contribution is -2.26. The lowest BCUT2D eigenvalue weighted by Gasteiger charge is -2.21. The van der Waals surface area contributed by atoms with Crippen LogP contribution in [0.2, 0.25) is 0 Å². The average molecular weight is 326 g/mol. The molecular formula is C13H12F6N2O. The second-order valence-corrected chi connectivity index (χ2v) is 5.13. The highest BCUT2D eigenvalue weighted by atomic mass is 19.4. The number of nitrogens with zero attached hydrogens (tertiary/aromatic N) is 2. The van der Waals surface area contributed by atoms with E-state index >= 15 is 0 Å². The van der Waals surface area contributed by atoms with E-state index in [9.17, 15) is 31.1 Å². The van der Waals surface area contributed by atoms with Crippen LogP contribution in [0.3, 0.4) is 0 Å². The quantitative estimate of drug-likeness (QED) is 0.721. The standard InChI is InChI=1S/C13H12F6N2O/c1-20-6-10(21(2)11(20)22)7-3-8(12(14,15)16)5-9(4-7)13(17,18)19/h3-5,10H,6H2,1-2H3. The van der Waals surface area contributed by atoms with Crippen LogP contribution in [0.4, 0.5) is 31.1 Å². The van der Waals surface area contributed by atoms with Crippen LogP contribution in [0.15, 0.2) is 18.2 Å². The van der Waals surface area contributed by atoms with E-state index in [0.29, 0.717) is 12.1 Å². The first-order chi connectivity index (χ1) is 9.91. The van der Waals surface area contributed by atoms with Crippen molar-refractivity contribution in [2.24, 2.45) is 0 Å². The van der Waals surface area contributed by atoms with Gasteiger partial charge in [-0.1, -0.05) is 0 Å². The molecule has 3 nitrogen and oxygen atoms in total. The van der Waals surface area contributed by atoms with E-state index in [2.05, 4.69) is 0 Å². The lowest BCUT2D eigenvalue weighted by molar-refractivity contribution is -0.143. The maximum atomic E-state index is 12.8. The van der Waals surface area contributed by atoms with E-state index in [0.717, 1.165) is 4.90 Å². The molecule has 1 aliphatic heterocycles. The van der Waals surface area contributed by atoms with Crippen LogP contribution in [-0.2, 0) is 12.4 Å². The van der Waals surface area contributed by atoms with Gasteiger partial charge in [0, 0.05) is 20.6 Å². The van der Waals surface area contributed by atoms with Crippen molar-refractivity contribution in [1.29, 1.82) is 0 Å². The molecule has 122 valence electrons. The molecule has 2 amide bonds. The highest BCUT2D eigenvalue weighted by Gasteiger charge is 2.40. The summed E-state index contributed by atoms with van der Waals surface area (Å²) in [5, 5.41) is 0. The maximum Gasteiger partial charge on any atom is 0.416 e. The number of carbonyl (C=O) groups is 1. The Morgan fingerprint density at radius 1 is 0.955 bits per heavy atom. The third-order valence-corrected chi connectivity index (χ3v) is 3.54. The summed E-state index contributed by atoms with van der Waals surface area (Å²) in [6.07, 6.45) is -9.80. The molecule has 1 unspecified atom stereocenters. The minimum Gasteiger partial charge on any atom is -0.325 e. The molecular weight excluding hydrogens is 314 g/mol. The Balaban J connectivity index is 2.54. The fourth-order valence-corrected chi connectivity index (χ4v) is 2.36. The lowest BCUT2D eigenvalue weighted by atomic mass is 9.99. The van der Waals surface area contributed by atoms with Gasteiger partial charge in [-0.2, -0.15) is 26.3 Å². The highest BCUT2D eigenvalue weighted by Crippen LogP contribution is 2.39. The number of hydrogen-bond acceptors (Lipinski definition) is 1. The molecule has 1 aromatic rings. The average Bonchev–Trinajstić information content (AvgIpc) is 2.64. The fraction of sp³-hybridized carbons (Fsp3) is 0.462. The van der Waals surface area contributed by atoms with Gasteiger partial charge in [-0.25, -0.2) is 4.79 Å². The number of benzene rings is 1. The van der Waals surface area contributed by atoms with Crippen LogP contribution >= 0.6 is 0 Å². The Labute approximate surface area is 122 Å². The Kier molecular flexibility index (Phi) is 3.78. The molecule has 1 heterocycles. The van der Waals surface area contributed by atoms with Crippen molar-refractivity contribution < 1.29 is 31.1 Å². The van der Waals surface area contributed by atoms with Crippen LogP contribution in [0.5, 0.6) is 0 Å². The van der Waals surface area contributed by atoms with Crippen molar-refractivity contribution in [2.75, 3.05) is 20.6 Å². The first kappa shape index (κ1) is 16.4. The zero-order valence-electron chi connectivity index (χ0n) is 11.6. The summed E-state index contributed by atoms with van der Waals surface area (Å²) >= 11 is 0. The predicted octanol–water partition coefficient (Wildman–Crippen LogP) is 3.76. The van der Waals surface area contributed by atoms with Gasteiger partial charge in [0.15, 0.2) is 0 Å². The second kappa shape index (κ2) is 5.06. The molecule has 1 saturated heterocycles. The van der Waals surface area contributed by atoms with Gasteiger partial charge in [-0.05, 0) is 23.8 Å². The number of carbonyl (C=O) groups excluding carboxylic acids is 1. The van der Waals surface area contributed by atoms with Gasteiger partial charge in [-0.3, -0.25) is 0 Å².